The summed E-state index contributed by atoms with van der Waals surface area (Å²) in [6.45, 7) is 2.95. The van der Waals surface area contributed by atoms with E-state index in [4.69, 9.17) is 9.84 Å². The number of nitrogens with zero attached hydrogens (tertiary/aromatic N) is 1. The highest BCUT2D eigenvalue weighted by Crippen LogP contribution is 2.00. The number of rotatable bonds is 11. The van der Waals surface area contributed by atoms with Crippen LogP contribution in [0.2, 0.25) is 0 Å². The first-order chi connectivity index (χ1) is 11.6. The summed E-state index contributed by atoms with van der Waals surface area (Å²) >= 11 is 0. The van der Waals surface area contributed by atoms with Crippen LogP contribution in [0.25, 0.3) is 0 Å². The van der Waals surface area contributed by atoms with Crippen LogP contribution in [-0.2, 0) is 11.3 Å². The molecule has 1 rings (SSSR count). The van der Waals surface area contributed by atoms with E-state index in [0.29, 0.717) is 13.1 Å². The van der Waals surface area contributed by atoms with Gasteiger partial charge in [0.1, 0.15) is 6.61 Å². The molecule has 0 unspecified atom stereocenters. The molecule has 1 aromatic carbocycles. The lowest BCUT2D eigenvalue weighted by molar-refractivity contribution is 0.138. The fourth-order valence-corrected chi connectivity index (χ4v) is 2.11. The number of hydrogen-bond donors (Lipinski definition) is 3. The van der Waals surface area contributed by atoms with Crippen LogP contribution in [0, 0.1) is 0 Å². The van der Waals surface area contributed by atoms with E-state index >= 15 is 0 Å². The molecule has 7 nitrogen and oxygen atoms in total. The number of carbonyl (C=O) groups excluding carboxylic acids is 1. The van der Waals surface area contributed by atoms with Gasteiger partial charge in [0.2, 0.25) is 0 Å². The number of alkyl carbamates (subject to hydrolysis) is 1. The average Bonchev–Trinajstić information content (AvgIpc) is 2.57. The Morgan fingerprint density at radius 1 is 1.04 bits per heavy atom. The predicted octanol–water partition coefficient (Wildman–Crippen LogP) is 2.28. The van der Waals surface area contributed by atoms with Gasteiger partial charge in [0, 0.05) is 19.6 Å². The highest BCUT2D eigenvalue weighted by atomic mass is 16.5. The van der Waals surface area contributed by atoms with Crippen LogP contribution in [0.5, 0.6) is 0 Å². The molecule has 0 heterocycles. The average molecular weight is 337 g/mol. The van der Waals surface area contributed by atoms with Gasteiger partial charge >= 0.3 is 12.2 Å². The van der Waals surface area contributed by atoms with Crippen LogP contribution < -0.4 is 10.6 Å². The van der Waals surface area contributed by atoms with E-state index in [1.54, 1.807) is 0 Å². The highest BCUT2D eigenvalue weighted by Gasteiger charge is 2.03. The Morgan fingerprint density at radius 2 is 1.79 bits per heavy atom. The Morgan fingerprint density at radius 3 is 2.50 bits per heavy atom. The summed E-state index contributed by atoms with van der Waals surface area (Å²) in [5.74, 6) is 0. The number of benzene rings is 1. The summed E-state index contributed by atoms with van der Waals surface area (Å²) in [6, 6.07) is 9.55. The third-order valence-electron chi connectivity index (χ3n) is 3.47. The van der Waals surface area contributed by atoms with Crippen molar-refractivity contribution in [1.82, 2.24) is 15.5 Å². The molecule has 3 N–H and O–H groups in total. The van der Waals surface area contributed by atoms with Crippen molar-refractivity contribution in [2.24, 2.45) is 0 Å². The number of likely N-dealkylation sites (N-methyl/N-ethyl adjacent to an activating group) is 1. The third kappa shape index (κ3) is 10.4. The molecule has 1 aromatic rings. The molecule has 0 aliphatic carbocycles. The first-order valence-corrected chi connectivity index (χ1v) is 8.18. The van der Waals surface area contributed by atoms with E-state index < -0.39 is 12.2 Å². The number of carboxylic acid groups (broad SMARTS) is 1. The van der Waals surface area contributed by atoms with Crippen molar-refractivity contribution in [1.29, 1.82) is 0 Å². The summed E-state index contributed by atoms with van der Waals surface area (Å²) in [6.07, 6.45) is 1.42. The number of unbranched alkanes of at least 4 members (excludes halogenated alkanes) is 2. The molecule has 0 aromatic heterocycles. The molecule has 7 heteroatoms. The number of ether oxygens (including phenoxy) is 1. The predicted molar refractivity (Wildman–Crippen MR) is 92.0 cm³/mol. The molecule has 2 amide bonds. The zero-order valence-corrected chi connectivity index (χ0v) is 14.2. The van der Waals surface area contributed by atoms with Gasteiger partial charge in [-0.1, -0.05) is 36.8 Å². The smallest absolute Gasteiger partial charge is 0.407 e. The first kappa shape index (κ1) is 19.8. The largest absolute Gasteiger partial charge is 0.465 e. The Balaban J connectivity index is 1.97. The minimum Gasteiger partial charge on any atom is -0.465 e. The minimum absolute atomic E-state index is 0.271. The SMILES string of the molecule is CN(CCCCCNC(=O)O)CCNC(=O)OCc1ccccc1. The molecule has 0 radical (unpaired) electrons. The monoisotopic (exact) mass is 337 g/mol. The maximum absolute atomic E-state index is 11.6. The Hall–Kier alpha value is -2.28. The van der Waals surface area contributed by atoms with Gasteiger partial charge in [-0.2, -0.15) is 0 Å². The molecule has 0 aliphatic rings. The van der Waals surface area contributed by atoms with Crippen molar-refractivity contribution in [3.05, 3.63) is 35.9 Å². The Labute approximate surface area is 143 Å². The van der Waals surface area contributed by atoms with Gasteiger partial charge < -0.3 is 25.4 Å². The van der Waals surface area contributed by atoms with Crippen molar-refractivity contribution in [2.75, 3.05) is 33.2 Å². The Bertz CT molecular complexity index is 482. The molecule has 0 atom stereocenters. The number of amides is 2. The summed E-state index contributed by atoms with van der Waals surface area (Å²) in [5.41, 5.74) is 0.960. The second-order valence-electron chi connectivity index (χ2n) is 5.58. The Kier molecular flexibility index (Phi) is 10.0. The van der Waals surface area contributed by atoms with E-state index in [1.165, 1.54) is 0 Å². The number of nitrogens with one attached hydrogen (secondary N) is 2. The minimum atomic E-state index is -0.975. The number of hydrogen-bond acceptors (Lipinski definition) is 4. The molecule has 134 valence electrons. The molecular formula is C17H27N3O4. The molecule has 24 heavy (non-hydrogen) atoms. The topological polar surface area (TPSA) is 90.9 Å². The summed E-state index contributed by atoms with van der Waals surface area (Å²) in [7, 11) is 1.99. The van der Waals surface area contributed by atoms with Crippen LogP contribution >= 0.6 is 0 Å². The fraction of sp³-hybridized carbons (Fsp3) is 0.529. The van der Waals surface area contributed by atoms with Gasteiger partial charge in [0.15, 0.2) is 0 Å². The lowest BCUT2D eigenvalue weighted by atomic mass is 10.2. The summed E-state index contributed by atoms with van der Waals surface area (Å²) < 4.78 is 5.13. The second-order valence-corrected chi connectivity index (χ2v) is 5.58. The van der Waals surface area contributed by atoms with Crippen molar-refractivity contribution < 1.29 is 19.4 Å². The molecule has 0 bridgehead atoms. The van der Waals surface area contributed by atoms with Gasteiger partial charge in [-0.25, -0.2) is 9.59 Å². The summed E-state index contributed by atoms with van der Waals surface area (Å²) in [5, 5.41) is 13.5. The lowest BCUT2D eigenvalue weighted by Crippen LogP contribution is -2.33. The quantitative estimate of drug-likeness (QED) is 0.539. The zero-order chi connectivity index (χ0) is 17.6. The maximum atomic E-state index is 11.6. The van der Waals surface area contributed by atoms with Crippen LogP contribution in [0.3, 0.4) is 0 Å². The van der Waals surface area contributed by atoms with E-state index in [-0.39, 0.29) is 6.61 Å². The van der Waals surface area contributed by atoms with Gasteiger partial charge in [-0.15, -0.1) is 0 Å². The van der Waals surface area contributed by atoms with Crippen LogP contribution in [0.15, 0.2) is 30.3 Å². The highest BCUT2D eigenvalue weighted by molar-refractivity contribution is 5.67. The number of carbonyl (C=O) groups is 2. The molecular weight excluding hydrogens is 310 g/mol. The zero-order valence-electron chi connectivity index (χ0n) is 14.2. The van der Waals surface area contributed by atoms with Crippen LogP contribution in [-0.4, -0.2) is 55.4 Å². The van der Waals surface area contributed by atoms with Gasteiger partial charge in [0.05, 0.1) is 0 Å². The van der Waals surface area contributed by atoms with E-state index in [0.717, 1.165) is 37.9 Å². The lowest BCUT2D eigenvalue weighted by Gasteiger charge is -2.16. The molecule has 0 saturated heterocycles. The normalized spacial score (nSPS) is 10.4. The van der Waals surface area contributed by atoms with Gasteiger partial charge in [-0.05, 0) is 32.0 Å². The van der Waals surface area contributed by atoms with E-state index in [1.807, 2.05) is 37.4 Å². The van der Waals surface area contributed by atoms with Crippen molar-refractivity contribution in [3.8, 4) is 0 Å². The van der Waals surface area contributed by atoms with E-state index in [9.17, 15) is 9.59 Å². The van der Waals surface area contributed by atoms with Crippen molar-refractivity contribution in [3.63, 3.8) is 0 Å². The standard InChI is InChI=1S/C17H27N3O4/c1-20(12-7-3-6-10-18-16(21)22)13-11-19-17(23)24-14-15-8-4-2-5-9-15/h2,4-5,8-9,18H,3,6-7,10-14H2,1H3,(H,19,23)(H,21,22). The van der Waals surface area contributed by atoms with E-state index in [2.05, 4.69) is 15.5 Å². The van der Waals surface area contributed by atoms with Crippen molar-refractivity contribution in [2.45, 2.75) is 25.9 Å². The van der Waals surface area contributed by atoms with Crippen LogP contribution in [0.1, 0.15) is 24.8 Å². The fourth-order valence-electron chi connectivity index (χ4n) is 2.11. The second kappa shape index (κ2) is 12.2. The van der Waals surface area contributed by atoms with Crippen molar-refractivity contribution >= 4 is 12.2 Å². The molecule has 0 saturated carbocycles. The van der Waals surface area contributed by atoms with Crippen LogP contribution in [0.4, 0.5) is 9.59 Å². The first-order valence-electron chi connectivity index (χ1n) is 8.18. The molecule has 0 spiro atoms. The van der Waals surface area contributed by atoms with Gasteiger partial charge in [0.25, 0.3) is 0 Å². The summed E-state index contributed by atoms with van der Waals surface area (Å²) in [4.78, 5) is 24.0. The van der Waals surface area contributed by atoms with Gasteiger partial charge in [-0.3, -0.25) is 0 Å². The molecule has 0 fully saturated rings. The third-order valence-corrected chi connectivity index (χ3v) is 3.47. The maximum Gasteiger partial charge on any atom is 0.407 e. The molecule has 0 aliphatic heterocycles.